The quantitative estimate of drug-likeness (QED) is 0.662. The molecule has 0 aliphatic heterocycles. The van der Waals surface area contributed by atoms with Gasteiger partial charge in [0.1, 0.15) is 13.2 Å². The summed E-state index contributed by atoms with van der Waals surface area (Å²) < 4.78 is 38.9. The molecular formula is C13H19F2NO3. The first-order valence-corrected chi connectivity index (χ1v) is 6.06. The first kappa shape index (κ1) is 15.7. The van der Waals surface area contributed by atoms with Gasteiger partial charge in [-0.05, 0) is 12.1 Å². The number of methoxy groups -OCH3 is 1. The van der Waals surface area contributed by atoms with E-state index in [-0.39, 0.29) is 6.61 Å². The summed E-state index contributed by atoms with van der Waals surface area (Å²) in [6, 6.07) is 7.37. The highest BCUT2D eigenvalue weighted by Crippen LogP contribution is 2.25. The first-order valence-electron chi connectivity index (χ1n) is 6.06. The number of benzene rings is 1. The first-order chi connectivity index (χ1) is 9.24. The van der Waals surface area contributed by atoms with Gasteiger partial charge >= 0.3 is 0 Å². The molecule has 0 aliphatic carbocycles. The third-order valence-electron chi connectivity index (χ3n) is 2.27. The van der Waals surface area contributed by atoms with Gasteiger partial charge in [0, 0.05) is 13.1 Å². The molecule has 19 heavy (non-hydrogen) atoms. The van der Waals surface area contributed by atoms with E-state index in [1.165, 1.54) is 0 Å². The molecule has 0 spiro atoms. The van der Waals surface area contributed by atoms with Crippen LogP contribution in [0.25, 0.3) is 0 Å². The predicted octanol–water partition coefficient (Wildman–Crippen LogP) is 1.95. The molecule has 0 bridgehead atoms. The maximum atomic E-state index is 11.7. The van der Waals surface area contributed by atoms with Crippen LogP contribution in [0.4, 0.5) is 8.78 Å². The van der Waals surface area contributed by atoms with Crippen molar-refractivity contribution in [3.05, 3.63) is 24.3 Å². The van der Waals surface area contributed by atoms with Crippen LogP contribution in [0.15, 0.2) is 24.3 Å². The van der Waals surface area contributed by atoms with Gasteiger partial charge in [-0.25, -0.2) is 8.78 Å². The largest absolute Gasteiger partial charge is 0.493 e. The monoisotopic (exact) mass is 275 g/mol. The molecule has 0 unspecified atom stereocenters. The molecule has 0 saturated carbocycles. The van der Waals surface area contributed by atoms with Crippen molar-refractivity contribution >= 4 is 0 Å². The van der Waals surface area contributed by atoms with Gasteiger partial charge in [0.2, 0.25) is 0 Å². The molecule has 1 aromatic carbocycles. The second-order valence-corrected chi connectivity index (χ2v) is 3.72. The number of nitrogens with one attached hydrogen (secondary N) is 1. The van der Waals surface area contributed by atoms with Crippen LogP contribution in [-0.2, 0) is 4.74 Å². The van der Waals surface area contributed by atoms with Crippen molar-refractivity contribution in [1.82, 2.24) is 5.32 Å². The van der Waals surface area contributed by atoms with Crippen molar-refractivity contribution in [1.29, 1.82) is 0 Å². The highest BCUT2D eigenvalue weighted by atomic mass is 19.3. The van der Waals surface area contributed by atoms with E-state index < -0.39 is 13.0 Å². The molecule has 0 aliphatic rings. The summed E-state index contributed by atoms with van der Waals surface area (Å²) in [6.07, 6.45) is -2.41. The van der Waals surface area contributed by atoms with Gasteiger partial charge < -0.3 is 19.5 Å². The highest BCUT2D eigenvalue weighted by Gasteiger charge is 2.02. The standard InChI is InChI=1S/C13H19F2NO3/c1-17-11-4-2-3-5-12(11)19-9-7-16-6-8-18-10-13(14)15/h2-5,13,16H,6-10H2,1H3. The van der Waals surface area contributed by atoms with Crippen LogP contribution >= 0.6 is 0 Å². The smallest absolute Gasteiger partial charge is 0.261 e. The summed E-state index contributed by atoms with van der Waals surface area (Å²) in [7, 11) is 1.58. The minimum absolute atomic E-state index is 0.263. The SMILES string of the molecule is COc1ccccc1OCCNCCOCC(F)F. The summed E-state index contributed by atoms with van der Waals surface area (Å²) in [5.74, 6) is 1.36. The van der Waals surface area contributed by atoms with Gasteiger partial charge in [-0.15, -0.1) is 0 Å². The van der Waals surface area contributed by atoms with E-state index in [0.717, 1.165) is 0 Å². The lowest BCUT2D eigenvalue weighted by atomic mass is 10.3. The van der Waals surface area contributed by atoms with E-state index in [2.05, 4.69) is 5.32 Å². The van der Waals surface area contributed by atoms with E-state index >= 15 is 0 Å². The fourth-order valence-electron chi connectivity index (χ4n) is 1.41. The van der Waals surface area contributed by atoms with Crippen molar-refractivity contribution in [2.24, 2.45) is 0 Å². The van der Waals surface area contributed by atoms with Gasteiger partial charge in [-0.1, -0.05) is 12.1 Å². The Hall–Kier alpha value is -1.40. The molecule has 0 aromatic heterocycles. The molecule has 4 nitrogen and oxygen atoms in total. The third-order valence-corrected chi connectivity index (χ3v) is 2.27. The molecule has 0 fully saturated rings. The maximum absolute atomic E-state index is 11.7. The fourth-order valence-corrected chi connectivity index (χ4v) is 1.41. The van der Waals surface area contributed by atoms with Gasteiger partial charge in [0.05, 0.1) is 13.7 Å². The van der Waals surface area contributed by atoms with E-state index in [9.17, 15) is 8.78 Å². The zero-order chi connectivity index (χ0) is 13.9. The minimum Gasteiger partial charge on any atom is -0.493 e. The van der Waals surface area contributed by atoms with E-state index in [1.54, 1.807) is 7.11 Å². The molecule has 6 heteroatoms. The molecule has 0 amide bonds. The molecule has 1 aromatic rings. The molecule has 0 saturated heterocycles. The number of hydrogen-bond acceptors (Lipinski definition) is 4. The molecule has 0 radical (unpaired) electrons. The molecular weight excluding hydrogens is 256 g/mol. The summed E-state index contributed by atoms with van der Waals surface area (Å²) in [6.45, 7) is 1.34. The molecule has 0 heterocycles. The van der Waals surface area contributed by atoms with E-state index in [4.69, 9.17) is 14.2 Å². The lowest BCUT2D eigenvalue weighted by Crippen LogP contribution is -2.25. The second-order valence-electron chi connectivity index (χ2n) is 3.72. The number of ether oxygens (including phenoxy) is 3. The fraction of sp³-hybridized carbons (Fsp3) is 0.538. The van der Waals surface area contributed by atoms with Crippen LogP contribution in [0.3, 0.4) is 0 Å². The number of rotatable bonds is 10. The van der Waals surface area contributed by atoms with E-state index in [0.29, 0.717) is 31.2 Å². The van der Waals surface area contributed by atoms with Crippen LogP contribution in [0.5, 0.6) is 11.5 Å². The van der Waals surface area contributed by atoms with Crippen molar-refractivity contribution < 1.29 is 23.0 Å². The topological polar surface area (TPSA) is 39.7 Å². The van der Waals surface area contributed by atoms with Gasteiger partial charge in [0.25, 0.3) is 6.43 Å². The Kier molecular flexibility index (Phi) is 7.84. The maximum Gasteiger partial charge on any atom is 0.261 e. The van der Waals surface area contributed by atoms with Gasteiger partial charge in [-0.3, -0.25) is 0 Å². The second kappa shape index (κ2) is 9.52. The third kappa shape index (κ3) is 6.93. The summed E-state index contributed by atoms with van der Waals surface area (Å²) in [4.78, 5) is 0. The molecule has 1 N–H and O–H groups in total. The summed E-state index contributed by atoms with van der Waals surface area (Å²) in [5, 5.41) is 3.03. The molecule has 1 rings (SSSR count). The normalized spacial score (nSPS) is 10.7. The average Bonchev–Trinajstić information content (AvgIpc) is 2.42. The Bertz CT molecular complexity index is 350. The number of halogens is 2. The number of alkyl halides is 2. The van der Waals surface area contributed by atoms with Crippen LogP contribution < -0.4 is 14.8 Å². The van der Waals surface area contributed by atoms with Gasteiger partial charge in [0.15, 0.2) is 11.5 Å². The summed E-state index contributed by atoms with van der Waals surface area (Å²) in [5.41, 5.74) is 0. The Morgan fingerprint density at radius 3 is 2.47 bits per heavy atom. The van der Waals surface area contributed by atoms with Crippen molar-refractivity contribution in [3.63, 3.8) is 0 Å². The van der Waals surface area contributed by atoms with Crippen molar-refractivity contribution in [2.75, 3.05) is 40.0 Å². The number of para-hydroxylation sites is 2. The predicted molar refractivity (Wildman–Crippen MR) is 68.2 cm³/mol. The lowest BCUT2D eigenvalue weighted by Gasteiger charge is -2.10. The Morgan fingerprint density at radius 2 is 1.79 bits per heavy atom. The van der Waals surface area contributed by atoms with Crippen molar-refractivity contribution in [2.45, 2.75) is 6.43 Å². The van der Waals surface area contributed by atoms with E-state index in [1.807, 2.05) is 24.3 Å². The van der Waals surface area contributed by atoms with Crippen LogP contribution in [0.2, 0.25) is 0 Å². The zero-order valence-electron chi connectivity index (χ0n) is 10.9. The highest BCUT2D eigenvalue weighted by molar-refractivity contribution is 5.39. The van der Waals surface area contributed by atoms with Crippen LogP contribution in [0.1, 0.15) is 0 Å². The number of hydrogen-bond donors (Lipinski definition) is 1. The minimum atomic E-state index is -2.41. The Morgan fingerprint density at radius 1 is 1.11 bits per heavy atom. The molecule has 108 valence electrons. The average molecular weight is 275 g/mol. The Balaban J connectivity index is 2.04. The van der Waals surface area contributed by atoms with Crippen LogP contribution in [-0.4, -0.2) is 46.4 Å². The summed E-state index contributed by atoms with van der Waals surface area (Å²) >= 11 is 0. The zero-order valence-corrected chi connectivity index (χ0v) is 10.9. The van der Waals surface area contributed by atoms with Gasteiger partial charge in [-0.2, -0.15) is 0 Å². The van der Waals surface area contributed by atoms with Crippen molar-refractivity contribution in [3.8, 4) is 11.5 Å². The Labute approximate surface area is 111 Å². The molecule has 0 atom stereocenters. The lowest BCUT2D eigenvalue weighted by molar-refractivity contribution is 0.0186. The van der Waals surface area contributed by atoms with Crippen LogP contribution in [0, 0.1) is 0 Å².